The molecule has 8 nitrogen and oxygen atoms in total. The molecule has 0 saturated heterocycles. The van der Waals surface area contributed by atoms with E-state index in [1.165, 1.54) is 12.1 Å². The summed E-state index contributed by atoms with van der Waals surface area (Å²) in [5.74, 6) is 0.400. The minimum absolute atomic E-state index is 0.268. The highest BCUT2D eigenvalue weighted by Gasteiger charge is 2.23. The van der Waals surface area contributed by atoms with Crippen molar-refractivity contribution < 1.29 is 17.9 Å². The number of benzene rings is 2. The van der Waals surface area contributed by atoms with Crippen molar-refractivity contribution in [3.8, 4) is 17.0 Å². The molecule has 0 aliphatic carbocycles. The molecule has 0 saturated carbocycles. The SMILES string of the molecule is COc1cccc2c1-c1cc(C(=O)Nc3cc(Cl)cc(NS(C)(=O)=O)c3)cn1CCN2C. The molecule has 3 aromatic rings. The van der Waals surface area contributed by atoms with Crippen molar-refractivity contribution in [2.75, 3.05) is 41.9 Å². The van der Waals surface area contributed by atoms with Gasteiger partial charge in [-0.25, -0.2) is 8.42 Å². The van der Waals surface area contributed by atoms with E-state index in [0.717, 1.165) is 35.5 Å². The van der Waals surface area contributed by atoms with Crippen LogP contribution in [0.3, 0.4) is 0 Å². The number of hydrogen-bond acceptors (Lipinski definition) is 5. The van der Waals surface area contributed by atoms with Crippen LogP contribution in [0, 0.1) is 0 Å². The average molecular weight is 475 g/mol. The Bertz CT molecular complexity index is 1300. The smallest absolute Gasteiger partial charge is 0.257 e. The number of nitrogens with one attached hydrogen (secondary N) is 2. The topological polar surface area (TPSA) is 92.7 Å². The van der Waals surface area contributed by atoms with E-state index in [0.29, 0.717) is 22.8 Å². The predicted molar refractivity (Wildman–Crippen MR) is 128 cm³/mol. The lowest BCUT2D eigenvalue weighted by Gasteiger charge is -2.20. The van der Waals surface area contributed by atoms with E-state index in [-0.39, 0.29) is 11.6 Å². The molecule has 32 heavy (non-hydrogen) atoms. The molecule has 2 aromatic carbocycles. The number of amides is 1. The number of hydrogen-bond donors (Lipinski definition) is 2. The Morgan fingerprint density at radius 3 is 2.59 bits per heavy atom. The predicted octanol–water partition coefficient (Wildman–Crippen LogP) is 3.89. The molecule has 0 spiro atoms. The Balaban J connectivity index is 1.67. The summed E-state index contributed by atoms with van der Waals surface area (Å²) in [6.07, 6.45) is 2.85. The van der Waals surface area contributed by atoms with Gasteiger partial charge in [0.2, 0.25) is 10.0 Å². The molecule has 2 N–H and O–H groups in total. The Kier molecular flexibility index (Phi) is 5.79. The Morgan fingerprint density at radius 1 is 1.12 bits per heavy atom. The number of methoxy groups -OCH3 is 1. The van der Waals surface area contributed by atoms with Gasteiger partial charge in [0.1, 0.15) is 5.75 Å². The van der Waals surface area contributed by atoms with Crippen molar-refractivity contribution in [2.24, 2.45) is 0 Å². The molecule has 0 atom stereocenters. The largest absolute Gasteiger partial charge is 0.496 e. The fraction of sp³-hybridized carbons (Fsp3) is 0.227. The summed E-state index contributed by atoms with van der Waals surface area (Å²) in [4.78, 5) is 15.2. The van der Waals surface area contributed by atoms with Gasteiger partial charge in [-0.1, -0.05) is 17.7 Å². The third-order valence-corrected chi connectivity index (χ3v) is 6.01. The minimum Gasteiger partial charge on any atom is -0.496 e. The van der Waals surface area contributed by atoms with Gasteiger partial charge < -0.3 is 19.5 Å². The van der Waals surface area contributed by atoms with E-state index < -0.39 is 10.0 Å². The van der Waals surface area contributed by atoms with Crippen LogP contribution in [0.4, 0.5) is 17.1 Å². The molecular formula is C22H23ClN4O4S. The molecule has 168 valence electrons. The number of likely N-dealkylation sites (N-methyl/N-ethyl adjacent to an activating group) is 1. The highest BCUT2D eigenvalue weighted by atomic mass is 35.5. The number of fused-ring (bicyclic) bond motifs is 3. The molecule has 0 fully saturated rings. The van der Waals surface area contributed by atoms with Crippen molar-refractivity contribution in [3.63, 3.8) is 0 Å². The lowest BCUT2D eigenvalue weighted by molar-refractivity contribution is 0.102. The van der Waals surface area contributed by atoms with Crippen LogP contribution in [0.2, 0.25) is 5.02 Å². The van der Waals surface area contributed by atoms with Gasteiger partial charge in [0.25, 0.3) is 5.91 Å². The number of aromatic nitrogens is 1. The monoisotopic (exact) mass is 474 g/mol. The summed E-state index contributed by atoms with van der Waals surface area (Å²) < 4.78 is 33.0. The third-order valence-electron chi connectivity index (χ3n) is 5.19. The summed E-state index contributed by atoms with van der Waals surface area (Å²) in [6.45, 7) is 1.48. The highest BCUT2D eigenvalue weighted by Crippen LogP contribution is 2.41. The number of halogens is 1. The molecule has 1 aliphatic rings. The van der Waals surface area contributed by atoms with Crippen molar-refractivity contribution in [1.82, 2.24) is 4.57 Å². The lowest BCUT2D eigenvalue weighted by Crippen LogP contribution is -2.20. The second-order valence-corrected chi connectivity index (χ2v) is 9.83. The van der Waals surface area contributed by atoms with Crippen LogP contribution in [0.1, 0.15) is 10.4 Å². The summed E-state index contributed by atoms with van der Waals surface area (Å²) in [5.41, 5.74) is 3.96. The number of ether oxygens (including phenoxy) is 1. The number of sulfonamides is 1. The first-order chi connectivity index (χ1) is 15.1. The maximum absolute atomic E-state index is 13.0. The lowest BCUT2D eigenvalue weighted by atomic mass is 10.1. The van der Waals surface area contributed by atoms with Crippen molar-refractivity contribution in [2.45, 2.75) is 6.54 Å². The van der Waals surface area contributed by atoms with Crippen LogP contribution in [0.15, 0.2) is 48.7 Å². The Hall–Kier alpha value is -3.17. The van der Waals surface area contributed by atoms with Gasteiger partial charge in [0, 0.05) is 42.7 Å². The van der Waals surface area contributed by atoms with Crippen molar-refractivity contribution in [1.29, 1.82) is 0 Å². The number of carbonyl (C=O) groups excluding carboxylic acids is 1. The molecule has 1 aromatic heterocycles. The molecule has 4 rings (SSSR count). The van der Waals surface area contributed by atoms with Gasteiger partial charge in [0.05, 0.1) is 35.9 Å². The molecule has 0 unspecified atom stereocenters. The van der Waals surface area contributed by atoms with Crippen LogP contribution < -0.4 is 19.7 Å². The average Bonchev–Trinajstić information content (AvgIpc) is 3.08. The zero-order valence-corrected chi connectivity index (χ0v) is 19.4. The number of anilines is 3. The van der Waals surface area contributed by atoms with E-state index in [1.807, 2.05) is 35.9 Å². The molecule has 1 aliphatic heterocycles. The van der Waals surface area contributed by atoms with Gasteiger partial charge in [-0.15, -0.1) is 0 Å². The van der Waals surface area contributed by atoms with E-state index in [4.69, 9.17) is 16.3 Å². The maximum atomic E-state index is 13.0. The first-order valence-electron chi connectivity index (χ1n) is 9.83. The van der Waals surface area contributed by atoms with Gasteiger partial charge in [-0.05, 0) is 36.4 Å². The summed E-state index contributed by atoms with van der Waals surface area (Å²) >= 11 is 6.10. The summed E-state index contributed by atoms with van der Waals surface area (Å²) in [6, 6.07) is 12.2. The van der Waals surface area contributed by atoms with E-state index in [9.17, 15) is 13.2 Å². The quantitative estimate of drug-likeness (QED) is 0.585. The molecule has 1 amide bonds. The first-order valence-corrected chi connectivity index (χ1v) is 12.1. The van der Waals surface area contributed by atoms with E-state index in [2.05, 4.69) is 14.9 Å². The Labute approximate surface area is 191 Å². The van der Waals surface area contributed by atoms with E-state index >= 15 is 0 Å². The van der Waals surface area contributed by atoms with Crippen LogP contribution in [0.25, 0.3) is 11.3 Å². The normalized spacial score (nSPS) is 13.1. The number of nitrogens with zero attached hydrogens (tertiary/aromatic N) is 2. The zero-order valence-electron chi connectivity index (χ0n) is 17.8. The highest BCUT2D eigenvalue weighted by molar-refractivity contribution is 7.92. The van der Waals surface area contributed by atoms with Gasteiger partial charge in [-0.2, -0.15) is 0 Å². The zero-order chi connectivity index (χ0) is 23.0. The summed E-state index contributed by atoms with van der Waals surface area (Å²) in [7, 11) is 0.178. The molecule has 10 heteroatoms. The first kappa shape index (κ1) is 22.0. The summed E-state index contributed by atoms with van der Waals surface area (Å²) in [5, 5.41) is 3.09. The Morgan fingerprint density at radius 2 is 1.88 bits per heavy atom. The van der Waals surface area contributed by atoms with Gasteiger partial charge >= 0.3 is 0 Å². The number of carbonyl (C=O) groups is 1. The minimum atomic E-state index is -3.48. The van der Waals surface area contributed by atoms with Crippen molar-refractivity contribution in [3.05, 3.63) is 59.2 Å². The second-order valence-electron chi connectivity index (χ2n) is 7.64. The molecular weight excluding hydrogens is 452 g/mol. The fourth-order valence-electron chi connectivity index (χ4n) is 3.81. The fourth-order valence-corrected chi connectivity index (χ4v) is 4.59. The van der Waals surface area contributed by atoms with Crippen LogP contribution in [-0.2, 0) is 16.6 Å². The molecule has 0 bridgehead atoms. The number of rotatable bonds is 5. The van der Waals surface area contributed by atoms with Crippen LogP contribution in [0.5, 0.6) is 5.75 Å². The van der Waals surface area contributed by atoms with Crippen molar-refractivity contribution >= 4 is 44.6 Å². The standard InChI is InChI=1S/C22H23ClN4O4S/c1-26-7-8-27-13-14(9-19(27)21-18(26)5-4-6-20(21)31-2)22(28)24-16-10-15(23)11-17(12-16)25-32(3,29)30/h4-6,9-13,25H,7-8H2,1-3H3,(H,24,28). The van der Waals surface area contributed by atoms with Crippen LogP contribution >= 0.6 is 11.6 Å². The van der Waals surface area contributed by atoms with Crippen LogP contribution in [-0.4, -0.2) is 45.9 Å². The molecule has 0 radical (unpaired) electrons. The van der Waals surface area contributed by atoms with E-state index in [1.54, 1.807) is 19.4 Å². The third kappa shape index (κ3) is 4.53. The maximum Gasteiger partial charge on any atom is 0.257 e. The van der Waals surface area contributed by atoms with Gasteiger partial charge in [-0.3, -0.25) is 9.52 Å². The second kappa shape index (κ2) is 8.40. The molecule has 2 heterocycles. The van der Waals surface area contributed by atoms with Gasteiger partial charge in [0.15, 0.2) is 0 Å².